The van der Waals surface area contributed by atoms with Gasteiger partial charge in [-0.15, -0.1) is 0 Å². The summed E-state index contributed by atoms with van der Waals surface area (Å²) in [5.74, 6) is -0.321. The van der Waals surface area contributed by atoms with E-state index in [1.54, 1.807) is 13.0 Å². The largest absolute Gasteiger partial charge is 0.463 e. The van der Waals surface area contributed by atoms with Crippen molar-refractivity contribution in [2.75, 3.05) is 26.4 Å². The zero-order valence-corrected chi connectivity index (χ0v) is 8.40. The lowest BCUT2D eigenvalue weighted by Crippen LogP contribution is -2.12. The van der Waals surface area contributed by atoms with Crippen molar-refractivity contribution in [1.29, 1.82) is 0 Å². The standard InChI is InChI=1S/C10H16O4/c1-2-13-10(11)4-3-6-14-9-5-7-12-8-9/h3-4,9H,2,5-8H2,1H3/b4-3+. The molecule has 1 rings (SSSR count). The highest BCUT2D eigenvalue weighted by Gasteiger charge is 2.14. The summed E-state index contributed by atoms with van der Waals surface area (Å²) in [4.78, 5) is 10.8. The van der Waals surface area contributed by atoms with Crippen LogP contribution in [0.2, 0.25) is 0 Å². The third-order valence-electron chi connectivity index (χ3n) is 1.86. The molecule has 1 heterocycles. The fraction of sp³-hybridized carbons (Fsp3) is 0.700. The molecule has 80 valence electrons. The summed E-state index contributed by atoms with van der Waals surface area (Å²) in [7, 11) is 0. The molecule has 4 heteroatoms. The molecule has 1 aliphatic heterocycles. The monoisotopic (exact) mass is 200 g/mol. The molecule has 1 aliphatic rings. The first-order valence-electron chi connectivity index (χ1n) is 4.85. The van der Waals surface area contributed by atoms with E-state index in [4.69, 9.17) is 14.2 Å². The molecule has 0 saturated carbocycles. The summed E-state index contributed by atoms with van der Waals surface area (Å²) >= 11 is 0. The Labute approximate surface area is 83.8 Å². The maximum Gasteiger partial charge on any atom is 0.330 e. The predicted octanol–water partition coefficient (Wildman–Crippen LogP) is 0.911. The molecule has 0 radical (unpaired) electrons. The van der Waals surface area contributed by atoms with Crippen molar-refractivity contribution in [3.63, 3.8) is 0 Å². The minimum atomic E-state index is -0.321. The van der Waals surface area contributed by atoms with E-state index in [1.807, 2.05) is 0 Å². The van der Waals surface area contributed by atoms with Gasteiger partial charge in [-0.1, -0.05) is 6.08 Å². The lowest BCUT2D eigenvalue weighted by Gasteiger charge is -2.05. The lowest BCUT2D eigenvalue weighted by atomic mass is 10.3. The number of esters is 1. The van der Waals surface area contributed by atoms with Gasteiger partial charge in [0.25, 0.3) is 0 Å². The average molecular weight is 200 g/mol. The number of hydrogen-bond donors (Lipinski definition) is 0. The highest BCUT2D eigenvalue weighted by Crippen LogP contribution is 2.07. The molecule has 0 aliphatic carbocycles. The Balaban J connectivity index is 2.04. The van der Waals surface area contributed by atoms with Crippen LogP contribution in [0.1, 0.15) is 13.3 Å². The summed E-state index contributed by atoms with van der Waals surface area (Å²) in [6.07, 6.45) is 4.17. The summed E-state index contributed by atoms with van der Waals surface area (Å²) in [6, 6.07) is 0. The molecule has 1 saturated heterocycles. The van der Waals surface area contributed by atoms with Gasteiger partial charge in [0, 0.05) is 12.7 Å². The van der Waals surface area contributed by atoms with Crippen LogP contribution in [0.5, 0.6) is 0 Å². The maximum absolute atomic E-state index is 10.8. The fourth-order valence-electron chi connectivity index (χ4n) is 1.17. The Morgan fingerprint density at radius 2 is 2.50 bits per heavy atom. The number of hydrogen-bond acceptors (Lipinski definition) is 4. The van der Waals surface area contributed by atoms with Crippen molar-refractivity contribution in [2.45, 2.75) is 19.4 Å². The highest BCUT2D eigenvalue weighted by atomic mass is 16.5. The molecular weight excluding hydrogens is 184 g/mol. The van der Waals surface area contributed by atoms with Gasteiger partial charge in [0.15, 0.2) is 0 Å². The molecule has 0 N–H and O–H groups in total. The van der Waals surface area contributed by atoms with Crippen molar-refractivity contribution < 1.29 is 19.0 Å². The third-order valence-corrected chi connectivity index (χ3v) is 1.86. The molecule has 0 amide bonds. The Morgan fingerprint density at radius 3 is 3.14 bits per heavy atom. The number of rotatable bonds is 5. The van der Waals surface area contributed by atoms with E-state index < -0.39 is 0 Å². The van der Waals surface area contributed by atoms with Gasteiger partial charge in [0.05, 0.1) is 25.9 Å². The quantitative estimate of drug-likeness (QED) is 0.489. The molecule has 0 aromatic carbocycles. The zero-order valence-electron chi connectivity index (χ0n) is 8.40. The van der Waals surface area contributed by atoms with E-state index in [1.165, 1.54) is 6.08 Å². The van der Waals surface area contributed by atoms with Gasteiger partial charge in [-0.3, -0.25) is 0 Å². The zero-order chi connectivity index (χ0) is 10.2. The third kappa shape index (κ3) is 4.39. The Morgan fingerprint density at radius 1 is 1.64 bits per heavy atom. The minimum absolute atomic E-state index is 0.182. The van der Waals surface area contributed by atoms with Crippen LogP contribution in [-0.2, 0) is 19.0 Å². The van der Waals surface area contributed by atoms with Crippen molar-refractivity contribution in [2.24, 2.45) is 0 Å². The Kier molecular flexibility index (Phi) is 5.25. The van der Waals surface area contributed by atoms with Gasteiger partial charge >= 0.3 is 5.97 Å². The van der Waals surface area contributed by atoms with E-state index in [-0.39, 0.29) is 12.1 Å². The van der Waals surface area contributed by atoms with Gasteiger partial charge in [-0.05, 0) is 13.3 Å². The molecule has 0 spiro atoms. The summed E-state index contributed by atoms with van der Waals surface area (Å²) in [5, 5.41) is 0. The molecule has 4 nitrogen and oxygen atoms in total. The number of ether oxygens (including phenoxy) is 3. The van der Waals surface area contributed by atoms with Gasteiger partial charge in [0.1, 0.15) is 0 Å². The summed E-state index contributed by atoms with van der Waals surface area (Å²) in [6.45, 7) is 4.05. The van der Waals surface area contributed by atoms with Crippen LogP contribution in [-0.4, -0.2) is 38.5 Å². The second kappa shape index (κ2) is 6.56. The van der Waals surface area contributed by atoms with Crippen molar-refractivity contribution in [3.8, 4) is 0 Å². The van der Waals surface area contributed by atoms with E-state index >= 15 is 0 Å². The molecule has 0 aromatic rings. The topological polar surface area (TPSA) is 44.8 Å². The van der Waals surface area contributed by atoms with Gasteiger partial charge in [0.2, 0.25) is 0 Å². The lowest BCUT2D eigenvalue weighted by molar-refractivity contribution is -0.137. The molecule has 1 atom stereocenters. The first kappa shape index (κ1) is 11.2. The summed E-state index contributed by atoms with van der Waals surface area (Å²) < 4.78 is 15.3. The van der Waals surface area contributed by atoms with Gasteiger partial charge < -0.3 is 14.2 Å². The average Bonchev–Trinajstić information content (AvgIpc) is 2.65. The van der Waals surface area contributed by atoms with Crippen LogP contribution < -0.4 is 0 Å². The Bertz CT molecular complexity index is 194. The Hall–Kier alpha value is -0.870. The van der Waals surface area contributed by atoms with E-state index in [9.17, 15) is 4.79 Å². The van der Waals surface area contributed by atoms with E-state index in [0.29, 0.717) is 19.8 Å². The van der Waals surface area contributed by atoms with Gasteiger partial charge in [-0.2, -0.15) is 0 Å². The molecular formula is C10H16O4. The van der Waals surface area contributed by atoms with E-state index in [2.05, 4.69) is 0 Å². The van der Waals surface area contributed by atoms with Crippen LogP contribution >= 0.6 is 0 Å². The van der Waals surface area contributed by atoms with Crippen molar-refractivity contribution in [1.82, 2.24) is 0 Å². The van der Waals surface area contributed by atoms with Crippen LogP contribution in [0.25, 0.3) is 0 Å². The number of carbonyl (C=O) groups is 1. The second-order valence-corrected chi connectivity index (χ2v) is 2.97. The fourth-order valence-corrected chi connectivity index (χ4v) is 1.17. The van der Waals surface area contributed by atoms with Gasteiger partial charge in [-0.25, -0.2) is 4.79 Å². The smallest absolute Gasteiger partial charge is 0.330 e. The first-order valence-corrected chi connectivity index (χ1v) is 4.85. The number of carbonyl (C=O) groups excluding carboxylic acids is 1. The van der Waals surface area contributed by atoms with Crippen molar-refractivity contribution >= 4 is 5.97 Å². The van der Waals surface area contributed by atoms with Crippen LogP contribution in [0.4, 0.5) is 0 Å². The molecule has 1 fully saturated rings. The van der Waals surface area contributed by atoms with Crippen LogP contribution in [0.3, 0.4) is 0 Å². The predicted molar refractivity (Wildman–Crippen MR) is 50.9 cm³/mol. The molecule has 14 heavy (non-hydrogen) atoms. The molecule has 0 bridgehead atoms. The SMILES string of the molecule is CCOC(=O)/C=C/COC1CCOC1. The maximum atomic E-state index is 10.8. The highest BCUT2D eigenvalue weighted by molar-refractivity contribution is 5.81. The summed E-state index contributed by atoms with van der Waals surface area (Å²) in [5.41, 5.74) is 0. The first-order chi connectivity index (χ1) is 6.83. The van der Waals surface area contributed by atoms with Crippen LogP contribution in [0.15, 0.2) is 12.2 Å². The molecule has 0 aromatic heterocycles. The van der Waals surface area contributed by atoms with E-state index in [0.717, 1.165) is 13.0 Å². The molecule has 1 unspecified atom stereocenters. The van der Waals surface area contributed by atoms with Crippen LogP contribution in [0, 0.1) is 0 Å². The minimum Gasteiger partial charge on any atom is -0.463 e. The normalized spacial score (nSPS) is 21.6. The second-order valence-electron chi connectivity index (χ2n) is 2.97. The van der Waals surface area contributed by atoms with Crippen molar-refractivity contribution in [3.05, 3.63) is 12.2 Å².